The fourth-order valence-electron chi connectivity index (χ4n) is 3.21. The number of carboxylic acids is 1. The molecule has 3 heteroatoms. The highest BCUT2D eigenvalue weighted by Crippen LogP contribution is 2.29. The number of aliphatic carboxylic acids is 1. The Hall–Kier alpha value is -0.570. The zero-order valence-electron chi connectivity index (χ0n) is 13.1. The lowest BCUT2D eigenvalue weighted by Crippen LogP contribution is -2.37. The largest absolute Gasteiger partial charge is 0.481 e. The van der Waals surface area contributed by atoms with E-state index in [2.05, 4.69) is 32.6 Å². The van der Waals surface area contributed by atoms with Crippen molar-refractivity contribution in [3.63, 3.8) is 0 Å². The zero-order chi connectivity index (χ0) is 14.4. The van der Waals surface area contributed by atoms with Gasteiger partial charge in [0.2, 0.25) is 0 Å². The molecule has 0 aromatic carbocycles. The van der Waals surface area contributed by atoms with Gasteiger partial charge in [-0.05, 0) is 43.4 Å². The third-order valence-corrected chi connectivity index (χ3v) is 3.96. The molecule has 0 aromatic rings. The average molecular weight is 269 g/mol. The van der Waals surface area contributed by atoms with Crippen molar-refractivity contribution < 1.29 is 9.90 Å². The molecule has 1 fully saturated rings. The van der Waals surface area contributed by atoms with Crippen LogP contribution < -0.4 is 0 Å². The normalized spacial score (nSPS) is 24.4. The SMILES string of the molecule is CC(C)CN(CC(C)C)C[C@H]1CC[C@H](C(=O)O)CC1. The summed E-state index contributed by atoms with van der Waals surface area (Å²) in [6, 6.07) is 0. The maximum Gasteiger partial charge on any atom is 0.306 e. The molecule has 0 saturated heterocycles. The smallest absolute Gasteiger partial charge is 0.306 e. The molecule has 0 heterocycles. The monoisotopic (exact) mass is 269 g/mol. The molecule has 0 spiro atoms. The van der Waals surface area contributed by atoms with Gasteiger partial charge in [0, 0.05) is 19.6 Å². The fourth-order valence-corrected chi connectivity index (χ4v) is 3.21. The Morgan fingerprint density at radius 1 is 1.05 bits per heavy atom. The first-order valence-corrected chi connectivity index (χ1v) is 7.83. The van der Waals surface area contributed by atoms with Crippen LogP contribution in [0.2, 0.25) is 0 Å². The molecular weight excluding hydrogens is 238 g/mol. The second-order valence-electron chi connectivity index (χ2n) is 7.06. The van der Waals surface area contributed by atoms with Crippen LogP contribution in [-0.2, 0) is 4.79 Å². The van der Waals surface area contributed by atoms with Crippen molar-refractivity contribution in [2.45, 2.75) is 53.4 Å². The van der Waals surface area contributed by atoms with Gasteiger partial charge in [0.1, 0.15) is 0 Å². The minimum absolute atomic E-state index is 0.0834. The molecule has 0 atom stereocenters. The quantitative estimate of drug-likeness (QED) is 0.769. The molecule has 1 aliphatic rings. The summed E-state index contributed by atoms with van der Waals surface area (Å²) in [5.74, 6) is 1.43. The van der Waals surface area contributed by atoms with Crippen LogP contribution in [0.4, 0.5) is 0 Å². The first kappa shape index (κ1) is 16.5. The van der Waals surface area contributed by atoms with Crippen molar-refractivity contribution in [3.05, 3.63) is 0 Å². The fraction of sp³-hybridized carbons (Fsp3) is 0.938. The van der Waals surface area contributed by atoms with E-state index in [1.807, 2.05) is 0 Å². The Labute approximate surface area is 118 Å². The number of rotatable bonds is 7. The maximum absolute atomic E-state index is 11.0. The Kier molecular flexibility index (Phi) is 6.84. The summed E-state index contributed by atoms with van der Waals surface area (Å²) in [6.07, 6.45) is 3.92. The first-order valence-electron chi connectivity index (χ1n) is 7.83. The Balaban J connectivity index is 2.40. The van der Waals surface area contributed by atoms with Gasteiger partial charge in [-0.2, -0.15) is 0 Å². The van der Waals surface area contributed by atoms with Gasteiger partial charge in [-0.15, -0.1) is 0 Å². The topological polar surface area (TPSA) is 40.5 Å². The van der Waals surface area contributed by atoms with E-state index in [0.29, 0.717) is 17.8 Å². The van der Waals surface area contributed by atoms with Crippen LogP contribution in [-0.4, -0.2) is 35.6 Å². The predicted molar refractivity (Wildman–Crippen MR) is 79.2 cm³/mol. The molecule has 1 saturated carbocycles. The van der Waals surface area contributed by atoms with Crippen LogP contribution in [0.5, 0.6) is 0 Å². The van der Waals surface area contributed by atoms with E-state index in [4.69, 9.17) is 5.11 Å². The standard InChI is InChI=1S/C16H31NO2/c1-12(2)9-17(10-13(3)4)11-14-5-7-15(8-6-14)16(18)19/h12-15H,5-11H2,1-4H3,(H,18,19)/t14-,15-. The van der Waals surface area contributed by atoms with Crippen LogP contribution >= 0.6 is 0 Å². The lowest BCUT2D eigenvalue weighted by atomic mass is 9.81. The van der Waals surface area contributed by atoms with Gasteiger partial charge in [-0.1, -0.05) is 27.7 Å². The molecule has 112 valence electrons. The van der Waals surface area contributed by atoms with E-state index in [-0.39, 0.29) is 5.92 Å². The Morgan fingerprint density at radius 2 is 1.53 bits per heavy atom. The van der Waals surface area contributed by atoms with E-state index >= 15 is 0 Å². The van der Waals surface area contributed by atoms with E-state index in [1.54, 1.807) is 0 Å². The highest BCUT2D eigenvalue weighted by atomic mass is 16.4. The second-order valence-corrected chi connectivity index (χ2v) is 7.06. The predicted octanol–water partition coefficient (Wildman–Crippen LogP) is 3.49. The van der Waals surface area contributed by atoms with Crippen LogP contribution in [0.15, 0.2) is 0 Å². The van der Waals surface area contributed by atoms with Gasteiger partial charge < -0.3 is 10.0 Å². The molecule has 0 bridgehead atoms. The molecule has 19 heavy (non-hydrogen) atoms. The second kappa shape index (κ2) is 7.88. The average Bonchev–Trinajstić information content (AvgIpc) is 2.27. The first-order chi connectivity index (χ1) is 8.88. The van der Waals surface area contributed by atoms with Crippen molar-refractivity contribution in [3.8, 4) is 0 Å². The number of hydrogen-bond acceptors (Lipinski definition) is 2. The molecule has 1 N–H and O–H groups in total. The number of carboxylic acid groups (broad SMARTS) is 1. The van der Waals surface area contributed by atoms with Gasteiger partial charge in [0.05, 0.1) is 5.92 Å². The minimum Gasteiger partial charge on any atom is -0.481 e. The minimum atomic E-state index is -0.598. The maximum atomic E-state index is 11.0. The summed E-state index contributed by atoms with van der Waals surface area (Å²) in [5.41, 5.74) is 0. The molecule has 0 amide bonds. The summed E-state index contributed by atoms with van der Waals surface area (Å²) >= 11 is 0. The molecule has 0 aliphatic heterocycles. The van der Waals surface area contributed by atoms with E-state index < -0.39 is 5.97 Å². The van der Waals surface area contributed by atoms with Crippen molar-refractivity contribution in [2.24, 2.45) is 23.7 Å². The van der Waals surface area contributed by atoms with Gasteiger partial charge in [-0.25, -0.2) is 0 Å². The molecule has 1 rings (SSSR count). The van der Waals surface area contributed by atoms with E-state index in [0.717, 1.165) is 45.3 Å². The van der Waals surface area contributed by atoms with E-state index in [1.165, 1.54) is 0 Å². The lowest BCUT2D eigenvalue weighted by Gasteiger charge is -2.33. The summed E-state index contributed by atoms with van der Waals surface area (Å²) in [5, 5.41) is 9.03. The molecular formula is C16H31NO2. The summed E-state index contributed by atoms with van der Waals surface area (Å²) in [4.78, 5) is 13.5. The van der Waals surface area contributed by atoms with Crippen molar-refractivity contribution >= 4 is 5.97 Å². The third kappa shape index (κ3) is 6.42. The molecule has 0 unspecified atom stereocenters. The van der Waals surface area contributed by atoms with Gasteiger partial charge in [0.25, 0.3) is 0 Å². The van der Waals surface area contributed by atoms with E-state index in [9.17, 15) is 4.79 Å². The van der Waals surface area contributed by atoms with Crippen LogP contribution in [0.25, 0.3) is 0 Å². The van der Waals surface area contributed by atoms with Crippen molar-refractivity contribution in [2.75, 3.05) is 19.6 Å². The van der Waals surface area contributed by atoms with Gasteiger partial charge in [-0.3, -0.25) is 4.79 Å². The number of nitrogens with zero attached hydrogens (tertiary/aromatic N) is 1. The lowest BCUT2D eigenvalue weighted by molar-refractivity contribution is -0.143. The Morgan fingerprint density at radius 3 is 1.89 bits per heavy atom. The van der Waals surface area contributed by atoms with Crippen LogP contribution in [0.1, 0.15) is 53.4 Å². The van der Waals surface area contributed by atoms with Gasteiger partial charge in [0.15, 0.2) is 0 Å². The van der Waals surface area contributed by atoms with Crippen molar-refractivity contribution in [1.82, 2.24) is 4.90 Å². The van der Waals surface area contributed by atoms with Crippen LogP contribution in [0, 0.1) is 23.7 Å². The highest BCUT2D eigenvalue weighted by molar-refractivity contribution is 5.69. The number of hydrogen-bond donors (Lipinski definition) is 1. The summed E-state index contributed by atoms with van der Waals surface area (Å²) in [7, 11) is 0. The highest BCUT2D eigenvalue weighted by Gasteiger charge is 2.27. The molecule has 0 aromatic heterocycles. The van der Waals surface area contributed by atoms with Crippen LogP contribution in [0.3, 0.4) is 0 Å². The van der Waals surface area contributed by atoms with Crippen molar-refractivity contribution in [1.29, 1.82) is 0 Å². The molecule has 1 aliphatic carbocycles. The molecule has 0 radical (unpaired) electrons. The molecule has 3 nitrogen and oxygen atoms in total. The summed E-state index contributed by atoms with van der Waals surface area (Å²) < 4.78 is 0. The van der Waals surface area contributed by atoms with Gasteiger partial charge >= 0.3 is 5.97 Å². The summed E-state index contributed by atoms with van der Waals surface area (Å²) in [6.45, 7) is 12.6. The third-order valence-electron chi connectivity index (χ3n) is 3.96. The number of carbonyl (C=O) groups is 1. The zero-order valence-corrected chi connectivity index (χ0v) is 13.1. The Bertz CT molecular complexity index is 258.